The van der Waals surface area contributed by atoms with E-state index in [9.17, 15) is 40.3 Å². The molecule has 0 bridgehead atoms. The van der Waals surface area contributed by atoms with Crippen molar-refractivity contribution in [2.24, 2.45) is 0 Å². The van der Waals surface area contributed by atoms with Crippen molar-refractivity contribution in [3.05, 3.63) is 35.5 Å². The van der Waals surface area contributed by atoms with Crippen molar-refractivity contribution < 1.29 is 49.6 Å². The van der Waals surface area contributed by atoms with E-state index < -0.39 is 65.4 Å². The molecule has 7 nitrogen and oxygen atoms in total. The van der Waals surface area contributed by atoms with Crippen LogP contribution in [0.3, 0.4) is 0 Å². The third kappa shape index (κ3) is 5.90. The lowest BCUT2D eigenvalue weighted by atomic mass is 10.1. The maximum absolute atomic E-state index is 14.2. The van der Waals surface area contributed by atoms with Gasteiger partial charge in [-0.1, -0.05) is 5.16 Å². The minimum atomic E-state index is -4.96. The number of hydrogen-bond acceptors (Lipinski definition) is 6. The number of halogens is 7. The monoisotopic (exact) mass is 443 g/mol. The summed E-state index contributed by atoms with van der Waals surface area (Å²) in [6, 6.07) is 0.182. The van der Waals surface area contributed by atoms with Crippen LogP contribution in [0.15, 0.2) is 22.7 Å². The molecule has 0 aliphatic rings. The normalized spacial score (nSPS) is 13.1. The third-order valence-corrected chi connectivity index (χ3v) is 3.45. The van der Waals surface area contributed by atoms with E-state index in [4.69, 9.17) is 0 Å². The summed E-state index contributed by atoms with van der Waals surface area (Å²) < 4.78 is 98.0. The van der Waals surface area contributed by atoms with Crippen LogP contribution in [0.5, 0.6) is 0 Å². The lowest BCUT2D eigenvalue weighted by molar-refractivity contribution is -0.161. The van der Waals surface area contributed by atoms with Gasteiger partial charge >= 0.3 is 24.2 Å². The van der Waals surface area contributed by atoms with Gasteiger partial charge in [0.15, 0.2) is 0 Å². The van der Waals surface area contributed by atoms with Crippen LogP contribution in [0.4, 0.5) is 30.7 Å². The molecule has 164 valence electrons. The molecule has 1 heterocycles. The van der Waals surface area contributed by atoms with Crippen LogP contribution >= 0.6 is 0 Å². The Balaban J connectivity index is 2.22. The summed E-state index contributed by atoms with van der Waals surface area (Å²) in [7, 11) is 0. The Hall–Kier alpha value is -3.19. The topological polar surface area (TPSA) is 94.3 Å². The number of carbonyl (C=O) groups is 2. The molecule has 1 N–H and O–H groups in total. The van der Waals surface area contributed by atoms with Crippen molar-refractivity contribution in [1.29, 1.82) is 0 Å². The molecule has 0 fully saturated rings. The van der Waals surface area contributed by atoms with E-state index in [1.165, 1.54) is 6.92 Å². The number of nitrogens with one attached hydrogen (secondary N) is 1. The third-order valence-electron chi connectivity index (χ3n) is 3.45. The van der Waals surface area contributed by atoms with Gasteiger partial charge in [0.2, 0.25) is 5.82 Å². The molecule has 2 rings (SSSR count). The first-order valence-electron chi connectivity index (χ1n) is 8.07. The second-order valence-corrected chi connectivity index (χ2v) is 5.71. The molecule has 1 amide bonds. The number of aromatic nitrogens is 2. The minimum absolute atomic E-state index is 0.239. The molecule has 0 aliphatic carbocycles. The molecular formula is C16H12F7N3O4. The first kappa shape index (κ1) is 23.1. The maximum atomic E-state index is 14.2. The Labute approximate surface area is 163 Å². The summed E-state index contributed by atoms with van der Waals surface area (Å²) in [6.07, 6.45) is -11.5. The molecule has 0 saturated carbocycles. The molecule has 2 aromatic rings. The fourth-order valence-electron chi connectivity index (χ4n) is 2.19. The summed E-state index contributed by atoms with van der Waals surface area (Å²) in [5.74, 6) is -6.31. The maximum Gasteiger partial charge on any atom is 0.471 e. The van der Waals surface area contributed by atoms with Gasteiger partial charge in [-0.25, -0.2) is 9.18 Å². The fourth-order valence-corrected chi connectivity index (χ4v) is 2.19. The van der Waals surface area contributed by atoms with Crippen LogP contribution in [0.2, 0.25) is 0 Å². The Kier molecular flexibility index (Phi) is 6.67. The highest BCUT2D eigenvalue weighted by Crippen LogP contribution is 2.30. The number of carbonyl (C=O) groups excluding carboxylic acids is 2. The largest absolute Gasteiger partial charge is 0.471 e. The van der Waals surface area contributed by atoms with Gasteiger partial charge in [0.05, 0.1) is 18.6 Å². The number of nitrogens with zero attached hydrogens (tertiary/aromatic N) is 2. The summed E-state index contributed by atoms with van der Waals surface area (Å²) >= 11 is 0. The molecule has 0 saturated heterocycles. The van der Waals surface area contributed by atoms with Gasteiger partial charge in [0.1, 0.15) is 11.9 Å². The van der Waals surface area contributed by atoms with Gasteiger partial charge in [0.25, 0.3) is 5.91 Å². The zero-order valence-corrected chi connectivity index (χ0v) is 14.9. The number of hydrogen-bond donors (Lipinski definition) is 1. The van der Waals surface area contributed by atoms with E-state index in [0.717, 1.165) is 12.1 Å². The highest BCUT2D eigenvalue weighted by atomic mass is 19.4. The van der Waals surface area contributed by atoms with E-state index in [1.54, 1.807) is 5.32 Å². The molecule has 30 heavy (non-hydrogen) atoms. The molecule has 1 aromatic heterocycles. The average Bonchev–Trinajstić information content (AvgIpc) is 3.10. The standard InChI is InChI=1S/C16H12F7N3O4/c1-2-29-13(28)10(6-15(18,19)20)24-12(27)7-3-4-8(9(17)5-7)11-25-14(30-26-11)16(21,22)23/h3-5,10H,2,6H2,1H3,(H,24,27). The number of esters is 1. The first-order chi connectivity index (χ1) is 13.8. The van der Waals surface area contributed by atoms with E-state index in [0.29, 0.717) is 6.07 Å². The highest BCUT2D eigenvalue weighted by Gasteiger charge is 2.39. The van der Waals surface area contributed by atoms with Crippen LogP contribution in [-0.2, 0) is 15.7 Å². The van der Waals surface area contributed by atoms with Crippen molar-refractivity contribution in [2.75, 3.05) is 6.61 Å². The molecule has 14 heteroatoms. The lowest BCUT2D eigenvalue weighted by Gasteiger charge is -2.18. The molecule has 1 unspecified atom stereocenters. The zero-order chi connectivity index (χ0) is 22.7. The second-order valence-electron chi connectivity index (χ2n) is 5.71. The van der Waals surface area contributed by atoms with Gasteiger partial charge in [-0.05, 0) is 25.1 Å². The average molecular weight is 443 g/mol. The Morgan fingerprint density at radius 1 is 1.20 bits per heavy atom. The predicted molar refractivity (Wildman–Crippen MR) is 83.3 cm³/mol. The Morgan fingerprint density at radius 3 is 2.37 bits per heavy atom. The number of rotatable bonds is 6. The van der Waals surface area contributed by atoms with Crippen molar-refractivity contribution in [3.63, 3.8) is 0 Å². The summed E-state index contributed by atoms with van der Waals surface area (Å²) in [4.78, 5) is 26.8. The van der Waals surface area contributed by atoms with Gasteiger partial charge in [-0.2, -0.15) is 31.3 Å². The molecule has 1 aromatic carbocycles. The van der Waals surface area contributed by atoms with E-state index in [2.05, 4.69) is 19.4 Å². The van der Waals surface area contributed by atoms with Gasteiger partial charge in [0, 0.05) is 5.56 Å². The fraction of sp³-hybridized carbons (Fsp3) is 0.375. The number of ether oxygens (including phenoxy) is 1. The van der Waals surface area contributed by atoms with Gasteiger partial charge in [-0.3, -0.25) is 4.79 Å². The quantitative estimate of drug-likeness (QED) is 0.543. The summed E-state index contributed by atoms with van der Waals surface area (Å²) in [5.41, 5.74) is -1.06. The van der Waals surface area contributed by atoms with E-state index in [-0.39, 0.29) is 6.61 Å². The zero-order valence-electron chi connectivity index (χ0n) is 14.9. The SMILES string of the molecule is CCOC(=O)C(CC(F)(F)F)NC(=O)c1ccc(-c2noc(C(F)(F)F)n2)c(F)c1. The molecular weight excluding hydrogens is 431 g/mol. The molecule has 0 radical (unpaired) electrons. The smallest absolute Gasteiger partial charge is 0.464 e. The lowest BCUT2D eigenvalue weighted by Crippen LogP contribution is -2.44. The van der Waals surface area contributed by atoms with Gasteiger partial charge in [-0.15, -0.1) is 0 Å². The van der Waals surface area contributed by atoms with Crippen LogP contribution in [0.1, 0.15) is 29.6 Å². The Bertz CT molecular complexity index is 924. The molecule has 0 spiro atoms. The molecule has 0 aliphatic heterocycles. The highest BCUT2D eigenvalue weighted by molar-refractivity contribution is 5.97. The van der Waals surface area contributed by atoms with Crippen molar-refractivity contribution >= 4 is 11.9 Å². The van der Waals surface area contributed by atoms with Crippen molar-refractivity contribution in [1.82, 2.24) is 15.5 Å². The molecule has 1 atom stereocenters. The Morgan fingerprint density at radius 2 is 1.87 bits per heavy atom. The minimum Gasteiger partial charge on any atom is -0.464 e. The van der Waals surface area contributed by atoms with Gasteiger partial charge < -0.3 is 14.6 Å². The van der Waals surface area contributed by atoms with Crippen molar-refractivity contribution in [2.45, 2.75) is 31.7 Å². The van der Waals surface area contributed by atoms with Crippen molar-refractivity contribution in [3.8, 4) is 11.4 Å². The number of alkyl halides is 6. The first-order valence-corrected chi connectivity index (χ1v) is 8.07. The van der Waals surface area contributed by atoms with Crippen LogP contribution in [0, 0.1) is 5.82 Å². The summed E-state index contributed by atoms with van der Waals surface area (Å²) in [6.45, 7) is 1.11. The van der Waals surface area contributed by atoms with Crippen LogP contribution < -0.4 is 5.32 Å². The second kappa shape index (κ2) is 8.67. The number of amides is 1. The van der Waals surface area contributed by atoms with E-state index >= 15 is 0 Å². The summed E-state index contributed by atoms with van der Waals surface area (Å²) in [5, 5.41) is 4.77. The number of benzene rings is 1. The van der Waals surface area contributed by atoms with Crippen LogP contribution in [-0.4, -0.2) is 40.8 Å². The van der Waals surface area contributed by atoms with Crippen LogP contribution in [0.25, 0.3) is 11.4 Å². The van der Waals surface area contributed by atoms with E-state index in [1.807, 2.05) is 0 Å². The predicted octanol–water partition coefficient (Wildman–Crippen LogP) is 3.51.